The minimum absolute atomic E-state index is 0.134. The highest BCUT2D eigenvalue weighted by atomic mass is 16.1. The van der Waals surface area contributed by atoms with Crippen LogP contribution in [0.2, 0.25) is 0 Å². The third kappa shape index (κ3) is 9.37. The minimum atomic E-state index is 0.134. The molecule has 11 heavy (non-hydrogen) atoms. The van der Waals surface area contributed by atoms with Gasteiger partial charge in [0.25, 0.3) is 0 Å². The van der Waals surface area contributed by atoms with Crippen LogP contribution < -0.4 is 0 Å². The van der Waals surface area contributed by atoms with Crippen LogP contribution in [-0.2, 0) is 4.79 Å². The van der Waals surface area contributed by atoms with Crippen molar-refractivity contribution in [2.45, 2.75) is 19.8 Å². The zero-order valence-corrected chi connectivity index (χ0v) is 7.63. The van der Waals surface area contributed by atoms with Gasteiger partial charge in [-0.1, -0.05) is 6.08 Å². The second kappa shape index (κ2) is 6.10. The number of nitrogens with zero attached hydrogens (tertiary/aromatic N) is 1. The van der Waals surface area contributed by atoms with E-state index in [1.165, 1.54) is 0 Å². The molecule has 64 valence electrons. The molecule has 2 heteroatoms. The Kier molecular flexibility index (Phi) is 5.75. The van der Waals surface area contributed by atoms with Gasteiger partial charge in [-0.3, -0.25) is 4.79 Å². The molecular weight excluding hydrogens is 138 g/mol. The van der Waals surface area contributed by atoms with Crippen LogP contribution in [0, 0.1) is 0 Å². The molecule has 0 aromatic rings. The average molecular weight is 155 g/mol. The molecule has 0 rings (SSSR count). The zero-order chi connectivity index (χ0) is 8.69. The van der Waals surface area contributed by atoms with E-state index < -0.39 is 0 Å². The zero-order valence-electron chi connectivity index (χ0n) is 7.63. The van der Waals surface area contributed by atoms with E-state index in [2.05, 4.69) is 19.0 Å². The van der Waals surface area contributed by atoms with E-state index in [-0.39, 0.29) is 5.78 Å². The second-order valence-electron chi connectivity index (χ2n) is 2.96. The minimum Gasteiger partial charge on any atom is -0.309 e. The van der Waals surface area contributed by atoms with Crippen molar-refractivity contribution in [2.75, 3.05) is 20.6 Å². The molecule has 0 aromatic carbocycles. The standard InChI is InChI=1S/C9H17NO/c1-9(11)7-5-4-6-8-10(2)3/h5,7H,4,6,8H2,1-3H3/b7-5+. The SMILES string of the molecule is CC(=O)/C=C/CCCN(C)C. The molecule has 2 nitrogen and oxygen atoms in total. The highest BCUT2D eigenvalue weighted by molar-refractivity contribution is 5.87. The predicted molar refractivity (Wildman–Crippen MR) is 47.6 cm³/mol. The highest BCUT2D eigenvalue weighted by Gasteiger charge is 1.87. The Balaban J connectivity index is 3.21. The summed E-state index contributed by atoms with van der Waals surface area (Å²) in [6.45, 7) is 2.66. The Bertz CT molecular complexity index is 138. The van der Waals surface area contributed by atoms with E-state index in [0.717, 1.165) is 19.4 Å². The molecule has 0 heterocycles. The van der Waals surface area contributed by atoms with Gasteiger partial charge >= 0.3 is 0 Å². The first-order valence-electron chi connectivity index (χ1n) is 3.95. The lowest BCUT2D eigenvalue weighted by atomic mass is 10.2. The van der Waals surface area contributed by atoms with Crippen LogP contribution in [0.5, 0.6) is 0 Å². The maximum atomic E-state index is 10.4. The van der Waals surface area contributed by atoms with Crippen LogP contribution in [-0.4, -0.2) is 31.3 Å². The molecule has 0 atom stereocenters. The van der Waals surface area contributed by atoms with Gasteiger partial charge in [0, 0.05) is 0 Å². The van der Waals surface area contributed by atoms with Crippen LogP contribution in [0.4, 0.5) is 0 Å². The lowest BCUT2D eigenvalue weighted by molar-refractivity contribution is -0.112. The van der Waals surface area contributed by atoms with E-state index in [4.69, 9.17) is 0 Å². The second-order valence-corrected chi connectivity index (χ2v) is 2.96. The molecule has 0 aliphatic carbocycles. The van der Waals surface area contributed by atoms with Crippen LogP contribution in [0.3, 0.4) is 0 Å². The Morgan fingerprint density at radius 2 is 2.09 bits per heavy atom. The summed E-state index contributed by atoms with van der Waals surface area (Å²) in [5.74, 6) is 0.134. The predicted octanol–water partition coefficient (Wildman–Crippen LogP) is 1.47. The molecule has 0 fully saturated rings. The third-order valence-electron chi connectivity index (χ3n) is 1.33. The fourth-order valence-corrected chi connectivity index (χ4v) is 0.775. The number of ketones is 1. The first-order chi connectivity index (χ1) is 5.13. The maximum absolute atomic E-state index is 10.4. The number of hydrogen-bond acceptors (Lipinski definition) is 2. The maximum Gasteiger partial charge on any atom is 0.152 e. The number of rotatable bonds is 5. The molecule has 0 saturated heterocycles. The van der Waals surface area contributed by atoms with Gasteiger partial charge in [0.05, 0.1) is 0 Å². The van der Waals surface area contributed by atoms with E-state index in [0.29, 0.717) is 0 Å². The van der Waals surface area contributed by atoms with Crippen molar-refractivity contribution < 1.29 is 4.79 Å². The lowest BCUT2D eigenvalue weighted by Gasteiger charge is -2.06. The molecule has 0 spiro atoms. The summed E-state index contributed by atoms with van der Waals surface area (Å²) in [7, 11) is 4.10. The van der Waals surface area contributed by atoms with Crippen LogP contribution in [0.25, 0.3) is 0 Å². The lowest BCUT2D eigenvalue weighted by Crippen LogP contribution is -2.12. The Hall–Kier alpha value is -0.630. The quantitative estimate of drug-likeness (QED) is 0.442. The topological polar surface area (TPSA) is 20.3 Å². The van der Waals surface area contributed by atoms with E-state index in [1.54, 1.807) is 13.0 Å². The van der Waals surface area contributed by atoms with E-state index in [9.17, 15) is 4.79 Å². The van der Waals surface area contributed by atoms with E-state index >= 15 is 0 Å². The van der Waals surface area contributed by atoms with Gasteiger partial charge in [0.1, 0.15) is 0 Å². The first-order valence-corrected chi connectivity index (χ1v) is 3.95. The average Bonchev–Trinajstić information content (AvgIpc) is 1.85. The molecule has 0 aromatic heterocycles. The van der Waals surface area contributed by atoms with Crippen molar-refractivity contribution in [2.24, 2.45) is 0 Å². The largest absolute Gasteiger partial charge is 0.309 e. The Morgan fingerprint density at radius 3 is 2.55 bits per heavy atom. The molecular formula is C9H17NO. The van der Waals surface area contributed by atoms with E-state index in [1.807, 2.05) is 6.08 Å². The van der Waals surface area contributed by atoms with Crippen molar-refractivity contribution in [3.05, 3.63) is 12.2 Å². The normalized spacial score (nSPS) is 11.3. The number of allylic oxidation sites excluding steroid dienone is 2. The van der Waals surface area contributed by atoms with Crippen molar-refractivity contribution in [1.82, 2.24) is 4.90 Å². The first kappa shape index (κ1) is 10.4. The smallest absolute Gasteiger partial charge is 0.152 e. The summed E-state index contributed by atoms with van der Waals surface area (Å²) in [4.78, 5) is 12.6. The van der Waals surface area contributed by atoms with Crippen molar-refractivity contribution in [3.8, 4) is 0 Å². The van der Waals surface area contributed by atoms with Crippen molar-refractivity contribution in [3.63, 3.8) is 0 Å². The van der Waals surface area contributed by atoms with Gasteiger partial charge < -0.3 is 4.90 Å². The van der Waals surface area contributed by atoms with Crippen molar-refractivity contribution >= 4 is 5.78 Å². The van der Waals surface area contributed by atoms with Gasteiger partial charge in [0.15, 0.2) is 5.78 Å². The van der Waals surface area contributed by atoms with Gasteiger partial charge in [-0.25, -0.2) is 0 Å². The third-order valence-corrected chi connectivity index (χ3v) is 1.33. The number of hydrogen-bond donors (Lipinski definition) is 0. The van der Waals surface area contributed by atoms with Crippen LogP contribution in [0.1, 0.15) is 19.8 Å². The fourth-order valence-electron chi connectivity index (χ4n) is 0.775. The number of carbonyl (C=O) groups is 1. The summed E-state index contributed by atoms with van der Waals surface area (Å²) in [6.07, 6.45) is 5.69. The van der Waals surface area contributed by atoms with Gasteiger partial charge in [0.2, 0.25) is 0 Å². The summed E-state index contributed by atoms with van der Waals surface area (Å²) in [5.41, 5.74) is 0. The summed E-state index contributed by atoms with van der Waals surface area (Å²) >= 11 is 0. The Labute approximate surface area is 68.9 Å². The molecule has 0 saturated carbocycles. The Morgan fingerprint density at radius 1 is 1.45 bits per heavy atom. The molecule has 0 unspecified atom stereocenters. The fraction of sp³-hybridized carbons (Fsp3) is 0.667. The monoisotopic (exact) mass is 155 g/mol. The molecule has 0 aliphatic rings. The molecule has 0 amide bonds. The van der Waals surface area contributed by atoms with Gasteiger partial charge in [-0.2, -0.15) is 0 Å². The van der Waals surface area contributed by atoms with Crippen LogP contribution in [0.15, 0.2) is 12.2 Å². The van der Waals surface area contributed by atoms with Gasteiger partial charge in [-0.05, 0) is 46.5 Å². The molecule has 0 N–H and O–H groups in total. The molecule has 0 aliphatic heterocycles. The number of carbonyl (C=O) groups excluding carboxylic acids is 1. The highest BCUT2D eigenvalue weighted by Crippen LogP contribution is 1.92. The summed E-state index contributed by atoms with van der Waals surface area (Å²) < 4.78 is 0. The van der Waals surface area contributed by atoms with Gasteiger partial charge in [-0.15, -0.1) is 0 Å². The number of unbranched alkanes of at least 4 members (excludes halogenated alkanes) is 1. The summed E-state index contributed by atoms with van der Waals surface area (Å²) in [6, 6.07) is 0. The summed E-state index contributed by atoms with van der Waals surface area (Å²) in [5, 5.41) is 0. The van der Waals surface area contributed by atoms with Crippen molar-refractivity contribution in [1.29, 1.82) is 0 Å². The van der Waals surface area contributed by atoms with Crippen LogP contribution >= 0.6 is 0 Å². The molecule has 0 bridgehead atoms. The molecule has 0 radical (unpaired) electrons.